The van der Waals surface area contributed by atoms with Crippen LogP contribution in [-0.2, 0) is 13.0 Å². The largest absolute Gasteiger partial charge is 0.340 e. The molecule has 2 N–H and O–H groups in total. The van der Waals surface area contributed by atoms with Crippen LogP contribution in [0.5, 0.6) is 0 Å². The Balaban J connectivity index is 1.27. The Bertz CT molecular complexity index is 1800. The molecule has 1 aliphatic heterocycles. The second-order valence-corrected chi connectivity index (χ2v) is 11.4. The number of likely N-dealkylation sites (tertiary alicyclic amines) is 1. The van der Waals surface area contributed by atoms with E-state index < -0.39 is 11.7 Å². The number of hydrogen-bond donors (Lipinski definition) is 2. The molecule has 0 spiro atoms. The SMILES string of the molecule is Cc1cc(CN2CCC(F)(F)C2)cc(-c2cc(F)c3n[nH]c(-c4nc5c([nH]4)CC=CC=C5c4ccsc4)c3c2)c1. The molecule has 0 atom stereocenters. The predicted molar refractivity (Wildman–Crippen MR) is 153 cm³/mol. The van der Waals surface area contributed by atoms with Crippen molar-refractivity contribution < 1.29 is 13.2 Å². The van der Waals surface area contributed by atoms with Crippen LogP contribution in [0.15, 0.2) is 65.4 Å². The first-order valence-corrected chi connectivity index (χ1v) is 14.1. The number of H-pyrrole nitrogens is 2. The van der Waals surface area contributed by atoms with Crippen molar-refractivity contribution in [2.75, 3.05) is 13.1 Å². The van der Waals surface area contributed by atoms with Gasteiger partial charge in [-0.05, 0) is 64.2 Å². The van der Waals surface area contributed by atoms with Crippen LogP contribution in [0.3, 0.4) is 0 Å². The third-order valence-corrected chi connectivity index (χ3v) is 8.24. The molecule has 0 saturated carbocycles. The lowest BCUT2D eigenvalue weighted by atomic mass is 9.98. The standard InChI is InChI=1S/C31H26F3N5S/c1-18-10-19(15-39-8-7-31(33,34)17-39)12-21(11-18)22-13-24-27(25(32)14-22)37-38-29(24)30-35-26-5-3-2-4-23(28(26)36-30)20-6-9-40-16-20/h2-4,6,9-14,16H,5,7-8,15,17H2,1H3,(H,35,36)(H,37,38). The maximum atomic E-state index is 15.4. The average Bonchev–Trinajstić information content (AvgIpc) is 3.70. The Morgan fingerprint density at radius 1 is 1.10 bits per heavy atom. The summed E-state index contributed by atoms with van der Waals surface area (Å²) in [5.41, 5.74) is 8.29. The van der Waals surface area contributed by atoms with Crippen molar-refractivity contribution in [3.8, 4) is 22.6 Å². The number of rotatable bonds is 5. The minimum Gasteiger partial charge on any atom is -0.340 e. The fourth-order valence-electron chi connectivity index (χ4n) is 5.72. The van der Waals surface area contributed by atoms with E-state index in [0.717, 1.165) is 39.2 Å². The maximum Gasteiger partial charge on any atom is 0.261 e. The average molecular weight is 558 g/mol. The quantitative estimate of drug-likeness (QED) is 0.235. The van der Waals surface area contributed by atoms with Gasteiger partial charge < -0.3 is 4.98 Å². The zero-order valence-electron chi connectivity index (χ0n) is 21.8. The van der Waals surface area contributed by atoms with E-state index in [4.69, 9.17) is 4.98 Å². The number of hydrogen-bond acceptors (Lipinski definition) is 4. The summed E-state index contributed by atoms with van der Waals surface area (Å²) in [6.45, 7) is 2.52. The number of thiophene rings is 1. The molecule has 1 fully saturated rings. The van der Waals surface area contributed by atoms with Crippen molar-refractivity contribution in [3.63, 3.8) is 0 Å². The van der Waals surface area contributed by atoms with Gasteiger partial charge in [-0.25, -0.2) is 18.2 Å². The van der Waals surface area contributed by atoms with Gasteiger partial charge in [0.15, 0.2) is 11.6 Å². The lowest BCUT2D eigenvalue weighted by Crippen LogP contribution is -2.24. The van der Waals surface area contributed by atoms with Crippen molar-refractivity contribution in [2.24, 2.45) is 0 Å². The van der Waals surface area contributed by atoms with Gasteiger partial charge in [0.05, 0.1) is 12.2 Å². The number of nitrogens with zero attached hydrogens (tertiary/aromatic N) is 3. The molecule has 0 bridgehead atoms. The number of alkyl halides is 2. The van der Waals surface area contributed by atoms with Crippen LogP contribution < -0.4 is 0 Å². The maximum absolute atomic E-state index is 15.4. The number of aryl methyl sites for hydroxylation is 1. The highest BCUT2D eigenvalue weighted by atomic mass is 32.1. The minimum absolute atomic E-state index is 0.117. The van der Waals surface area contributed by atoms with Gasteiger partial charge in [0.25, 0.3) is 5.92 Å². The number of allylic oxidation sites excluding steroid dienone is 3. The molecular weight excluding hydrogens is 531 g/mol. The highest BCUT2D eigenvalue weighted by molar-refractivity contribution is 7.08. The van der Waals surface area contributed by atoms with Crippen molar-refractivity contribution in [1.29, 1.82) is 0 Å². The summed E-state index contributed by atoms with van der Waals surface area (Å²) >= 11 is 1.64. The van der Waals surface area contributed by atoms with Crippen LogP contribution in [0.4, 0.5) is 13.2 Å². The van der Waals surface area contributed by atoms with Gasteiger partial charge in [-0.15, -0.1) is 0 Å². The van der Waals surface area contributed by atoms with E-state index in [0.29, 0.717) is 42.0 Å². The van der Waals surface area contributed by atoms with Gasteiger partial charge in [0.1, 0.15) is 11.2 Å². The molecule has 5 aromatic rings. The molecule has 9 heteroatoms. The van der Waals surface area contributed by atoms with E-state index in [2.05, 4.69) is 38.8 Å². The molecule has 40 heavy (non-hydrogen) atoms. The van der Waals surface area contributed by atoms with Crippen LogP contribution in [0.2, 0.25) is 0 Å². The first-order chi connectivity index (χ1) is 19.3. The van der Waals surface area contributed by atoms with E-state index in [-0.39, 0.29) is 18.5 Å². The van der Waals surface area contributed by atoms with Gasteiger partial charge in [-0.1, -0.05) is 35.9 Å². The molecule has 4 heterocycles. The molecule has 2 aliphatic rings. The van der Waals surface area contributed by atoms with Gasteiger partial charge in [0, 0.05) is 42.6 Å². The second kappa shape index (κ2) is 9.60. The number of halogens is 3. The summed E-state index contributed by atoms with van der Waals surface area (Å²) < 4.78 is 42.9. The lowest BCUT2D eigenvalue weighted by molar-refractivity contribution is 0.0115. The smallest absolute Gasteiger partial charge is 0.261 e. The Morgan fingerprint density at radius 2 is 1.98 bits per heavy atom. The number of nitrogens with one attached hydrogen (secondary N) is 2. The lowest BCUT2D eigenvalue weighted by Gasteiger charge is -2.17. The fourth-order valence-corrected chi connectivity index (χ4v) is 6.38. The number of aromatic nitrogens is 4. The first-order valence-electron chi connectivity index (χ1n) is 13.2. The van der Waals surface area contributed by atoms with Crippen LogP contribution in [0.1, 0.15) is 34.5 Å². The van der Waals surface area contributed by atoms with Crippen molar-refractivity contribution in [2.45, 2.75) is 32.2 Å². The van der Waals surface area contributed by atoms with E-state index in [1.54, 1.807) is 16.2 Å². The highest BCUT2D eigenvalue weighted by Crippen LogP contribution is 2.36. The number of benzene rings is 2. The Hall–Kier alpha value is -3.95. The second-order valence-electron chi connectivity index (χ2n) is 10.6. The minimum atomic E-state index is -2.64. The number of fused-ring (bicyclic) bond motifs is 2. The zero-order valence-corrected chi connectivity index (χ0v) is 22.6. The third kappa shape index (κ3) is 4.59. The molecule has 7 rings (SSSR count). The van der Waals surface area contributed by atoms with Crippen LogP contribution in [-0.4, -0.2) is 44.1 Å². The predicted octanol–water partition coefficient (Wildman–Crippen LogP) is 7.51. The van der Waals surface area contributed by atoms with E-state index >= 15 is 4.39 Å². The summed E-state index contributed by atoms with van der Waals surface area (Å²) in [5.74, 6) is -2.48. The van der Waals surface area contributed by atoms with Crippen LogP contribution in [0.25, 0.3) is 39.1 Å². The van der Waals surface area contributed by atoms with Crippen molar-refractivity contribution in [1.82, 2.24) is 25.1 Å². The normalized spacial score (nSPS) is 16.9. The molecule has 1 saturated heterocycles. The van der Waals surface area contributed by atoms with Crippen molar-refractivity contribution >= 4 is 27.8 Å². The monoisotopic (exact) mass is 557 g/mol. The van der Waals surface area contributed by atoms with Crippen molar-refractivity contribution in [3.05, 3.63) is 99.3 Å². The summed E-state index contributed by atoms with van der Waals surface area (Å²) in [7, 11) is 0. The summed E-state index contributed by atoms with van der Waals surface area (Å²) in [6.07, 6.45) is 6.78. The Labute approximate surface area is 233 Å². The molecule has 5 nitrogen and oxygen atoms in total. The van der Waals surface area contributed by atoms with E-state index in [1.807, 2.05) is 42.6 Å². The van der Waals surface area contributed by atoms with Crippen LogP contribution >= 0.6 is 11.3 Å². The molecule has 0 radical (unpaired) electrons. The molecule has 0 unspecified atom stereocenters. The molecule has 0 amide bonds. The topological polar surface area (TPSA) is 60.6 Å². The van der Waals surface area contributed by atoms with Gasteiger partial charge in [-0.3, -0.25) is 10.00 Å². The van der Waals surface area contributed by atoms with E-state index in [1.165, 1.54) is 6.07 Å². The fraction of sp³-hybridized carbons (Fsp3) is 0.226. The molecule has 202 valence electrons. The zero-order chi connectivity index (χ0) is 27.4. The third-order valence-electron chi connectivity index (χ3n) is 7.56. The molecule has 2 aromatic carbocycles. The number of aromatic amines is 2. The Kier molecular flexibility index (Phi) is 6.01. The first kappa shape index (κ1) is 25.0. The summed E-state index contributed by atoms with van der Waals surface area (Å²) in [5, 5.41) is 12.0. The molecular formula is C31H26F3N5S. The van der Waals surface area contributed by atoms with E-state index in [9.17, 15) is 8.78 Å². The summed E-state index contributed by atoms with van der Waals surface area (Å²) in [6, 6.07) is 11.4. The number of imidazole rings is 1. The Morgan fingerprint density at radius 3 is 2.77 bits per heavy atom. The summed E-state index contributed by atoms with van der Waals surface area (Å²) in [4.78, 5) is 10.2. The molecule has 1 aliphatic carbocycles. The van der Waals surface area contributed by atoms with Crippen LogP contribution in [0, 0.1) is 12.7 Å². The van der Waals surface area contributed by atoms with Gasteiger partial charge >= 0.3 is 0 Å². The highest BCUT2D eigenvalue weighted by Gasteiger charge is 2.38. The van der Waals surface area contributed by atoms with Gasteiger partial charge in [-0.2, -0.15) is 16.4 Å². The van der Waals surface area contributed by atoms with Gasteiger partial charge in [0.2, 0.25) is 0 Å². The molecule has 3 aromatic heterocycles.